The largest absolute Gasteiger partial charge is 0.378 e. The van der Waals surface area contributed by atoms with Gasteiger partial charge < -0.3 is 10.1 Å². The van der Waals surface area contributed by atoms with Gasteiger partial charge in [0.25, 0.3) is 0 Å². The zero-order valence-corrected chi connectivity index (χ0v) is 11.6. The lowest BCUT2D eigenvalue weighted by Crippen LogP contribution is -2.62. The Bertz CT molecular complexity index is 354. The van der Waals surface area contributed by atoms with E-state index in [4.69, 9.17) is 4.74 Å². The van der Waals surface area contributed by atoms with Gasteiger partial charge in [-0.3, -0.25) is 4.68 Å². The van der Waals surface area contributed by atoms with Crippen LogP contribution in [0.25, 0.3) is 0 Å². The molecule has 1 aliphatic carbocycles. The summed E-state index contributed by atoms with van der Waals surface area (Å²) in [5.41, 5.74) is 0.276. The number of rotatable bonds is 7. The smallest absolute Gasteiger partial charge is 0.0692 e. The molecule has 0 bridgehead atoms. The van der Waals surface area contributed by atoms with Crippen LogP contribution in [-0.2, 0) is 11.3 Å². The second-order valence-corrected chi connectivity index (χ2v) is 5.21. The molecule has 0 radical (unpaired) electrons. The molecule has 1 aromatic heterocycles. The van der Waals surface area contributed by atoms with Crippen LogP contribution in [0.5, 0.6) is 0 Å². The molecule has 0 saturated heterocycles. The standard InChI is InChI=1S/C13H24N4O/c1-4-13(3)11(10-12(13)18-5-2)14-6-8-17-9-7-15-16-17/h7,9,11-12,14H,4-6,8,10H2,1-3H3. The number of ether oxygens (including phenoxy) is 1. The van der Waals surface area contributed by atoms with E-state index in [1.807, 2.05) is 10.9 Å². The van der Waals surface area contributed by atoms with Crippen molar-refractivity contribution in [2.45, 2.75) is 52.3 Å². The molecule has 5 nitrogen and oxygen atoms in total. The molecule has 1 heterocycles. The number of hydrogen-bond acceptors (Lipinski definition) is 4. The molecule has 1 saturated carbocycles. The molecule has 0 aliphatic heterocycles. The highest BCUT2D eigenvalue weighted by Crippen LogP contribution is 2.45. The molecule has 102 valence electrons. The molecular weight excluding hydrogens is 228 g/mol. The van der Waals surface area contributed by atoms with Crippen molar-refractivity contribution in [3.05, 3.63) is 12.4 Å². The summed E-state index contributed by atoms with van der Waals surface area (Å²) in [4.78, 5) is 0. The summed E-state index contributed by atoms with van der Waals surface area (Å²) >= 11 is 0. The number of aromatic nitrogens is 3. The summed E-state index contributed by atoms with van der Waals surface area (Å²) in [5.74, 6) is 0. The van der Waals surface area contributed by atoms with E-state index in [0.717, 1.165) is 32.5 Å². The van der Waals surface area contributed by atoms with Crippen molar-refractivity contribution in [2.24, 2.45) is 5.41 Å². The SMILES string of the molecule is CCOC1CC(NCCn2ccnn2)C1(C)CC. The summed E-state index contributed by atoms with van der Waals surface area (Å²) < 4.78 is 7.66. The van der Waals surface area contributed by atoms with Gasteiger partial charge in [0, 0.05) is 30.8 Å². The second-order valence-electron chi connectivity index (χ2n) is 5.21. The maximum atomic E-state index is 5.80. The van der Waals surface area contributed by atoms with Crippen LogP contribution >= 0.6 is 0 Å². The predicted molar refractivity (Wildman–Crippen MR) is 70.2 cm³/mol. The Morgan fingerprint density at radius 1 is 1.50 bits per heavy atom. The van der Waals surface area contributed by atoms with Gasteiger partial charge in [0.2, 0.25) is 0 Å². The minimum atomic E-state index is 0.276. The van der Waals surface area contributed by atoms with Gasteiger partial charge in [0.15, 0.2) is 0 Å². The average Bonchev–Trinajstić information content (AvgIpc) is 2.89. The van der Waals surface area contributed by atoms with Crippen LogP contribution in [0.4, 0.5) is 0 Å². The van der Waals surface area contributed by atoms with Crippen LogP contribution in [0.15, 0.2) is 12.4 Å². The van der Waals surface area contributed by atoms with Gasteiger partial charge in [-0.1, -0.05) is 19.1 Å². The van der Waals surface area contributed by atoms with Gasteiger partial charge in [0.1, 0.15) is 0 Å². The predicted octanol–water partition coefficient (Wildman–Crippen LogP) is 1.46. The number of nitrogens with zero attached hydrogens (tertiary/aromatic N) is 3. The minimum absolute atomic E-state index is 0.276. The monoisotopic (exact) mass is 252 g/mol. The molecular formula is C13H24N4O. The van der Waals surface area contributed by atoms with Crippen LogP contribution in [0, 0.1) is 5.41 Å². The van der Waals surface area contributed by atoms with Gasteiger partial charge in [-0.15, -0.1) is 5.10 Å². The Kier molecular flexibility index (Phi) is 4.35. The van der Waals surface area contributed by atoms with Gasteiger partial charge in [-0.2, -0.15) is 0 Å². The minimum Gasteiger partial charge on any atom is -0.378 e. The van der Waals surface area contributed by atoms with E-state index in [1.54, 1.807) is 6.20 Å². The highest BCUT2D eigenvalue weighted by Gasteiger charge is 2.50. The first kappa shape index (κ1) is 13.5. The summed E-state index contributed by atoms with van der Waals surface area (Å²) in [6.07, 6.45) is 6.29. The quantitative estimate of drug-likeness (QED) is 0.798. The van der Waals surface area contributed by atoms with Gasteiger partial charge >= 0.3 is 0 Å². The average molecular weight is 252 g/mol. The van der Waals surface area contributed by atoms with Crippen molar-refractivity contribution in [3.8, 4) is 0 Å². The molecule has 2 rings (SSSR count). The molecule has 18 heavy (non-hydrogen) atoms. The normalized spacial score (nSPS) is 31.3. The molecule has 3 atom stereocenters. The Labute approximate surface area is 109 Å². The van der Waals surface area contributed by atoms with Crippen molar-refractivity contribution < 1.29 is 4.74 Å². The first-order valence-corrected chi connectivity index (χ1v) is 6.89. The number of hydrogen-bond donors (Lipinski definition) is 1. The summed E-state index contributed by atoms with van der Waals surface area (Å²) in [6.45, 7) is 9.26. The molecule has 1 aromatic rings. The third-order valence-electron chi connectivity index (χ3n) is 4.31. The summed E-state index contributed by atoms with van der Waals surface area (Å²) in [7, 11) is 0. The van der Waals surface area contributed by atoms with Crippen molar-refractivity contribution in [3.63, 3.8) is 0 Å². The zero-order chi connectivity index (χ0) is 13.0. The maximum absolute atomic E-state index is 5.80. The van der Waals surface area contributed by atoms with Crippen LogP contribution < -0.4 is 5.32 Å². The Morgan fingerprint density at radius 3 is 2.94 bits per heavy atom. The number of nitrogens with one attached hydrogen (secondary N) is 1. The van der Waals surface area contributed by atoms with Gasteiger partial charge in [-0.05, 0) is 19.8 Å². The van der Waals surface area contributed by atoms with Gasteiger partial charge in [-0.25, -0.2) is 0 Å². The molecule has 0 amide bonds. The Hall–Kier alpha value is -0.940. The molecule has 0 aromatic carbocycles. The summed E-state index contributed by atoms with van der Waals surface area (Å²) in [5, 5.41) is 11.4. The summed E-state index contributed by atoms with van der Waals surface area (Å²) in [6, 6.07) is 0.558. The zero-order valence-electron chi connectivity index (χ0n) is 11.6. The van der Waals surface area contributed by atoms with E-state index >= 15 is 0 Å². The highest BCUT2D eigenvalue weighted by atomic mass is 16.5. The molecule has 1 N–H and O–H groups in total. The molecule has 3 unspecified atom stereocenters. The van der Waals surface area contributed by atoms with Crippen LogP contribution in [-0.4, -0.2) is 40.3 Å². The van der Waals surface area contributed by atoms with E-state index in [-0.39, 0.29) is 5.41 Å². The second kappa shape index (κ2) is 5.80. The molecule has 1 aliphatic rings. The van der Waals surface area contributed by atoms with E-state index in [2.05, 4.69) is 36.4 Å². The third-order valence-corrected chi connectivity index (χ3v) is 4.31. The van der Waals surface area contributed by atoms with Crippen LogP contribution in [0.1, 0.15) is 33.6 Å². The van der Waals surface area contributed by atoms with E-state index in [0.29, 0.717) is 12.1 Å². The van der Waals surface area contributed by atoms with E-state index < -0.39 is 0 Å². The molecule has 1 fully saturated rings. The maximum Gasteiger partial charge on any atom is 0.0692 e. The fraction of sp³-hybridized carbons (Fsp3) is 0.846. The third kappa shape index (κ3) is 2.57. The van der Waals surface area contributed by atoms with Crippen LogP contribution in [0.2, 0.25) is 0 Å². The van der Waals surface area contributed by atoms with Crippen molar-refractivity contribution in [2.75, 3.05) is 13.2 Å². The first-order valence-electron chi connectivity index (χ1n) is 6.89. The van der Waals surface area contributed by atoms with Crippen molar-refractivity contribution in [1.82, 2.24) is 20.3 Å². The van der Waals surface area contributed by atoms with E-state index in [9.17, 15) is 0 Å². The van der Waals surface area contributed by atoms with E-state index in [1.165, 1.54) is 0 Å². The lowest BCUT2D eigenvalue weighted by atomic mass is 9.61. The fourth-order valence-corrected chi connectivity index (χ4v) is 2.77. The lowest BCUT2D eigenvalue weighted by molar-refractivity contribution is -0.125. The van der Waals surface area contributed by atoms with Crippen LogP contribution in [0.3, 0.4) is 0 Å². The molecule has 0 spiro atoms. The molecule has 5 heteroatoms. The first-order chi connectivity index (χ1) is 8.70. The van der Waals surface area contributed by atoms with Crippen molar-refractivity contribution in [1.29, 1.82) is 0 Å². The Balaban J connectivity index is 1.76. The fourth-order valence-electron chi connectivity index (χ4n) is 2.77. The highest BCUT2D eigenvalue weighted by molar-refractivity contribution is 5.04. The Morgan fingerprint density at radius 2 is 2.33 bits per heavy atom. The van der Waals surface area contributed by atoms with Crippen molar-refractivity contribution >= 4 is 0 Å². The van der Waals surface area contributed by atoms with Gasteiger partial charge in [0.05, 0.1) is 18.8 Å². The topological polar surface area (TPSA) is 52.0 Å². The lowest BCUT2D eigenvalue weighted by Gasteiger charge is -2.53.